The monoisotopic (exact) mass is 489 g/mol. The van der Waals surface area contributed by atoms with Crippen molar-refractivity contribution in [1.29, 1.82) is 0 Å². The second-order valence-electron chi connectivity index (χ2n) is 9.15. The number of para-hydroxylation sites is 2. The molecule has 0 fully saturated rings. The summed E-state index contributed by atoms with van der Waals surface area (Å²) in [5.74, 6) is 2.30. The van der Waals surface area contributed by atoms with Crippen molar-refractivity contribution in [2.24, 2.45) is 0 Å². The van der Waals surface area contributed by atoms with Crippen LogP contribution in [-0.2, 0) is 0 Å². The quantitative estimate of drug-likeness (QED) is 0.247. The van der Waals surface area contributed by atoms with E-state index in [1.54, 1.807) is 6.20 Å². The zero-order valence-corrected chi connectivity index (χ0v) is 20.5. The summed E-state index contributed by atoms with van der Waals surface area (Å²) in [5, 5.41) is 0. The van der Waals surface area contributed by atoms with Gasteiger partial charge < -0.3 is 4.74 Å². The summed E-state index contributed by atoms with van der Waals surface area (Å²) in [4.78, 5) is 11.5. The highest BCUT2D eigenvalue weighted by molar-refractivity contribution is 5.85. The molecule has 4 heteroatoms. The fourth-order valence-corrected chi connectivity index (χ4v) is 4.91. The van der Waals surface area contributed by atoms with Gasteiger partial charge in [-0.05, 0) is 70.8 Å². The number of hydrogen-bond acceptors (Lipinski definition) is 4. The van der Waals surface area contributed by atoms with Gasteiger partial charge in [0.15, 0.2) is 17.3 Å². The third kappa shape index (κ3) is 3.98. The van der Waals surface area contributed by atoms with Crippen LogP contribution >= 0.6 is 0 Å². The number of nitrogens with zero attached hydrogens (tertiary/aromatic N) is 3. The molecule has 0 N–H and O–H groups in total. The number of rotatable bonds is 4. The Morgan fingerprint density at radius 3 is 2.05 bits per heavy atom. The molecule has 0 amide bonds. The van der Waals surface area contributed by atoms with E-state index in [2.05, 4.69) is 101 Å². The van der Waals surface area contributed by atoms with Crippen LogP contribution in [0.4, 0.5) is 17.2 Å². The predicted molar refractivity (Wildman–Crippen MR) is 153 cm³/mol. The number of aromatic nitrogens is 2. The lowest BCUT2D eigenvalue weighted by Crippen LogP contribution is -2.17. The van der Waals surface area contributed by atoms with Crippen molar-refractivity contribution in [2.45, 2.75) is 0 Å². The summed E-state index contributed by atoms with van der Waals surface area (Å²) >= 11 is 0. The van der Waals surface area contributed by atoms with Crippen LogP contribution in [0.1, 0.15) is 0 Å². The number of anilines is 3. The standard InChI is InChI=1S/C34H23N3O/c1-2-8-24(9-3-1)25-15-17-26(18-16-25)27-19-21-35-30(23-27)28-10-6-11-29(22-28)37-31-12-4-5-13-32(31)38-33-14-7-20-36-34(33)37/h1-23H. The molecule has 0 unspecified atom stereocenters. The Bertz CT molecular complexity index is 1700. The van der Waals surface area contributed by atoms with Crippen LogP contribution in [0.15, 0.2) is 140 Å². The maximum Gasteiger partial charge on any atom is 0.181 e. The smallest absolute Gasteiger partial charge is 0.181 e. The topological polar surface area (TPSA) is 38.2 Å². The molecule has 0 radical (unpaired) electrons. The van der Waals surface area contributed by atoms with Gasteiger partial charge >= 0.3 is 0 Å². The van der Waals surface area contributed by atoms with E-state index in [4.69, 9.17) is 9.72 Å². The van der Waals surface area contributed by atoms with Gasteiger partial charge in [-0.2, -0.15) is 0 Å². The van der Waals surface area contributed by atoms with E-state index in [1.807, 2.05) is 42.6 Å². The molecule has 1 aliphatic rings. The summed E-state index contributed by atoms with van der Waals surface area (Å²) < 4.78 is 6.13. The third-order valence-corrected chi connectivity index (χ3v) is 6.77. The average Bonchev–Trinajstić information content (AvgIpc) is 3.00. The fourth-order valence-electron chi connectivity index (χ4n) is 4.91. The number of fused-ring (bicyclic) bond motifs is 2. The molecule has 2 aromatic heterocycles. The van der Waals surface area contributed by atoms with Crippen LogP contribution in [0, 0.1) is 0 Å². The summed E-state index contributed by atoms with van der Waals surface area (Å²) in [7, 11) is 0. The summed E-state index contributed by atoms with van der Waals surface area (Å²) in [5.41, 5.74) is 8.61. The first-order chi connectivity index (χ1) is 18.8. The first-order valence-corrected chi connectivity index (χ1v) is 12.6. The fraction of sp³-hybridized carbons (Fsp3) is 0. The van der Waals surface area contributed by atoms with E-state index >= 15 is 0 Å². The minimum atomic E-state index is 0.732. The van der Waals surface area contributed by atoms with Crippen molar-refractivity contribution >= 4 is 17.2 Å². The highest BCUT2D eigenvalue weighted by Crippen LogP contribution is 2.49. The van der Waals surface area contributed by atoms with Crippen LogP contribution in [0.25, 0.3) is 33.5 Å². The van der Waals surface area contributed by atoms with Gasteiger partial charge in [0.05, 0.1) is 11.4 Å². The van der Waals surface area contributed by atoms with Gasteiger partial charge in [0, 0.05) is 23.6 Å². The van der Waals surface area contributed by atoms with Crippen molar-refractivity contribution < 1.29 is 4.74 Å². The van der Waals surface area contributed by atoms with E-state index in [1.165, 1.54) is 11.1 Å². The zero-order valence-electron chi connectivity index (χ0n) is 20.5. The summed E-state index contributed by atoms with van der Waals surface area (Å²) in [6, 6.07) is 43.6. The molecule has 3 heterocycles. The first kappa shape index (κ1) is 22.0. The van der Waals surface area contributed by atoms with Crippen molar-refractivity contribution in [2.75, 3.05) is 4.90 Å². The Hall–Kier alpha value is -5.22. The predicted octanol–water partition coefficient (Wildman–Crippen LogP) is 9.05. The Kier molecular flexibility index (Phi) is 5.41. The lowest BCUT2D eigenvalue weighted by atomic mass is 9.99. The molecule has 38 heavy (non-hydrogen) atoms. The van der Waals surface area contributed by atoms with Crippen LogP contribution < -0.4 is 9.64 Å². The van der Waals surface area contributed by atoms with Crippen molar-refractivity contribution in [3.8, 4) is 45.0 Å². The maximum atomic E-state index is 6.13. The van der Waals surface area contributed by atoms with E-state index in [0.717, 1.165) is 51.1 Å². The summed E-state index contributed by atoms with van der Waals surface area (Å²) in [6.45, 7) is 0. The molecule has 7 rings (SSSR count). The summed E-state index contributed by atoms with van der Waals surface area (Å²) in [6.07, 6.45) is 3.67. The Morgan fingerprint density at radius 1 is 0.474 bits per heavy atom. The lowest BCUT2D eigenvalue weighted by molar-refractivity contribution is 0.474. The molecule has 0 atom stereocenters. The van der Waals surface area contributed by atoms with Crippen molar-refractivity contribution in [3.05, 3.63) is 140 Å². The molecular formula is C34H23N3O. The highest BCUT2D eigenvalue weighted by atomic mass is 16.5. The molecule has 6 aromatic rings. The van der Waals surface area contributed by atoms with Gasteiger partial charge in [0.25, 0.3) is 0 Å². The van der Waals surface area contributed by atoms with Crippen LogP contribution in [0.2, 0.25) is 0 Å². The molecule has 0 saturated heterocycles. The molecule has 4 nitrogen and oxygen atoms in total. The molecular weight excluding hydrogens is 466 g/mol. The Morgan fingerprint density at radius 2 is 1.18 bits per heavy atom. The molecule has 0 aliphatic carbocycles. The first-order valence-electron chi connectivity index (χ1n) is 12.6. The molecule has 0 saturated carbocycles. The minimum absolute atomic E-state index is 0.732. The van der Waals surface area contributed by atoms with Crippen LogP contribution in [-0.4, -0.2) is 9.97 Å². The van der Waals surface area contributed by atoms with Gasteiger partial charge in [-0.1, -0.05) is 78.9 Å². The normalized spacial score (nSPS) is 11.8. The largest absolute Gasteiger partial charge is 0.451 e. The lowest BCUT2D eigenvalue weighted by Gasteiger charge is -2.31. The maximum absolute atomic E-state index is 6.13. The number of hydrogen-bond donors (Lipinski definition) is 0. The van der Waals surface area contributed by atoms with Gasteiger partial charge in [-0.15, -0.1) is 0 Å². The molecule has 0 bridgehead atoms. The number of benzene rings is 4. The van der Waals surface area contributed by atoms with Crippen molar-refractivity contribution in [1.82, 2.24) is 9.97 Å². The molecule has 1 aliphatic heterocycles. The van der Waals surface area contributed by atoms with E-state index in [-0.39, 0.29) is 0 Å². The Balaban J connectivity index is 1.25. The van der Waals surface area contributed by atoms with Gasteiger partial charge in [-0.3, -0.25) is 9.88 Å². The number of pyridine rings is 2. The van der Waals surface area contributed by atoms with Gasteiger partial charge in [-0.25, -0.2) is 4.98 Å². The second kappa shape index (κ2) is 9.34. The molecule has 0 spiro atoms. The van der Waals surface area contributed by atoms with Gasteiger partial charge in [0.1, 0.15) is 0 Å². The third-order valence-electron chi connectivity index (χ3n) is 6.77. The van der Waals surface area contributed by atoms with E-state index < -0.39 is 0 Å². The average molecular weight is 490 g/mol. The number of ether oxygens (including phenoxy) is 1. The molecule has 180 valence electrons. The second-order valence-corrected chi connectivity index (χ2v) is 9.15. The van der Waals surface area contributed by atoms with Gasteiger partial charge in [0.2, 0.25) is 0 Å². The zero-order chi connectivity index (χ0) is 25.3. The van der Waals surface area contributed by atoms with Crippen LogP contribution in [0.3, 0.4) is 0 Å². The highest BCUT2D eigenvalue weighted by Gasteiger charge is 2.26. The Labute approximate surface area is 221 Å². The van der Waals surface area contributed by atoms with E-state index in [0.29, 0.717) is 0 Å². The SMILES string of the molecule is c1ccc(-c2ccc(-c3ccnc(-c4cccc(N5c6ccccc6Oc6cccnc65)c4)c3)cc2)cc1. The minimum Gasteiger partial charge on any atom is -0.451 e. The van der Waals surface area contributed by atoms with Crippen molar-refractivity contribution in [3.63, 3.8) is 0 Å². The molecule has 4 aromatic carbocycles. The van der Waals surface area contributed by atoms with E-state index in [9.17, 15) is 0 Å². The van der Waals surface area contributed by atoms with Crippen LogP contribution in [0.5, 0.6) is 11.5 Å².